The second-order valence-electron chi connectivity index (χ2n) is 0.891. The number of hydrogen-bond donors (Lipinski definition) is 1. The first-order valence-electron chi connectivity index (χ1n) is 1.72. The van der Waals surface area contributed by atoms with Gasteiger partial charge in [-0.1, -0.05) is 0 Å². The van der Waals surface area contributed by atoms with Gasteiger partial charge in [-0.15, -0.1) is 10.1 Å². The highest BCUT2D eigenvalue weighted by atomic mass is 17.0. The summed E-state index contributed by atoms with van der Waals surface area (Å²) in [4.78, 5) is 22.5. The highest BCUT2D eigenvalue weighted by Crippen LogP contribution is 1.72. The Morgan fingerprint density at radius 3 is 2.50 bits per heavy atom. The molecule has 0 rings (SSSR count). The predicted octanol–water partition coefficient (Wildman–Crippen LogP) is -1.32. The van der Waals surface area contributed by atoms with E-state index in [-0.39, 0.29) is 0 Å². The maximum Gasteiger partial charge on any atom is 0.317 e. The number of hydrogen-bond acceptors (Lipinski definition) is 5. The Balaban J connectivity index is 3.40. The minimum Gasteiger partial charge on any atom is -0.322 e. The lowest BCUT2D eigenvalue weighted by atomic mass is 10.7. The largest absolute Gasteiger partial charge is 0.322 e. The van der Waals surface area contributed by atoms with Crippen molar-refractivity contribution in [3.8, 4) is 0 Å². The van der Waals surface area contributed by atoms with E-state index in [9.17, 15) is 14.9 Å². The van der Waals surface area contributed by atoms with Crippen LogP contribution >= 0.6 is 0 Å². The van der Waals surface area contributed by atoms with Crippen molar-refractivity contribution in [3.63, 3.8) is 0 Å². The minimum absolute atomic E-state index is 0.471. The van der Waals surface area contributed by atoms with Crippen LogP contribution in [0.5, 0.6) is 0 Å². The summed E-state index contributed by atoms with van der Waals surface area (Å²) in [6.07, 6.45) is 0. The highest BCUT2D eigenvalue weighted by Gasteiger charge is 2.01. The van der Waals surface area contributed by atoms with Crippen molar-refractivity contribution in [3.05, 3.63) is 10.1 Å². The third kappa shape index (κ3) is 3.04. The van der Waals surface area contributed by atoms with Crippen molar-refractivity contribution in [2.24, 2.45) is 5.73 Å². The predicted molar refractivity (Wildman–Crippen MR) is 22.1 cm³/mol. The summed E-state index contributed by atoms with van der Waals surface area (Å²) < 4.78 is 0. The second kappa shape index (κ2) is 2.92. The Labute approximate surface area is 44.3 Å². The van der Waals surface area contributed by atoms with Gasteiger partial charge < -0.3 is 5.73 Å². The Kier molecular flexibility index (Phi) is 2.49. The Morgan fingerprint density at radius 1 is 1.88 bits per heavy atom. The lowest BCUT2D eigenvalue weighted by Gasteiger charge is -1.88. The first kappa shape index (κ1) is 6.83. The molecule has 0 saturated heterocycles. The van der Waals surface area contributed by atoms with E-state index in [2.05, 4.69) is 10.6 Å². The average Bonchev–Trinajstić information content (AvgIpc) is 1.65. The van der Waals surface area contributed by atoms with Gasteiger partial charge in [0.15, 0.2) is 0 Å². The number of nitrogens with zero attached hydrogens (tertiary/aromatic N) is 1. The van der Waals surface area contributed by atoms with Gasteiger partial charge in [0.2, 0.25) is 0 Å². The van der Waals surface area contributed by atoms with Crippen LogP contribution in [0.4, 0.5) is 0 Å². The number of carbonyl (C=O) groups is 1. The number of carbonyl (C=O) groups excluding carboxylic acids is 1. The van der Waals surface area contributed by atoms with Gasteiger partial charge in [-0.3, -0.25) is 4.79 Å². The first-order chi connectivity index (χ1) is 3.66. The molecule has 0 aliphatic heterocycles. The summed E-state index contributed by atoms with van der Waals surface area (Å²) in [5.74, 6) is -1.05. The molecule has 0 atom stereocenters. The van der Waals surface area contributed by atoms with E-state index in [1.807, 2.05) is 0 Å². The van der Waals surface area contributed by atoms with Crippen molar-refractivity contribution in [2.45, 2.75) is 0 Å². The van der Waals surface area contributed by atoms with Crippen molar-refractivity contribution < 1.29 is 14.7 Å². The summed E-state index contributed by atoms with van der Waals surface area (Å²) in [7, 11) is 0. The third-order valence-corrected chi connectivity index (χ3v) is 0.343. The summed E-state index contributed by atoms with van der Waals surface area (Å²) in [5, 5.41) is 8.08. The average molecular weight is 120 g/mol. The van der Waals surface area contributed by atoms with Crippen LogP contribution in [0.2, 0.25) is 0 Å². The normalized spacial score (nSPS) is 8.12. The smallest absolute Gasteiger partial charge is 0.317 e. The maximum absolute atomic E-state index is 9.83. The van der Waals surface area contributed by atoms with E-state index < -0.39 is 17.6 Å². The molecule has 0 aromatic heterocycles. The zero-order valence-corrected chi connectivity index (χ0v) is 3.86. The molecule has 0 aromatic rings. The van der Waals surface area contributed by atoms with Gasteiger partial charge in [-0.05, 0) is 0 Å². The van der Waals surface area contributed by atoms with E-state index in [4.69, 9.17) is 0 Å². The molecule has 2 N–H and O–H groups in total. The van der Waals surface area contributed by atoms with Gasteiger partial charge in [-0.25, -0.2) is 4.84 Å². The van der Waals surface area contributed by atoms with Crippen molar-refractivity contribution >= 4 is 5.97 Å². The maximum atomic E-state index is 9.83. The van der Waals surface area contributed by atoms with E-state index in [1.165, 1.54) is 0 Å². The summed E-state index contributed by atoms with van der Waals surface area (Å²) in [6.45, 7) is -0.471. The zero-order chi connectivity index (χ0) is 6.57. The molecule has 0 aliphatic carbocycles. The molecule has 6 heteroatoms. The van der Waals surface area contributed by atoms with Gasteiger partial charge >= 0.3 is 11.1 Å². The molecule has 0 unspecified atom stereocenters. The van der Waals surface area contributed by atoms with E-state index >= 15 is 0 Å². The molecular weight excluding hydrogens is 116 g/mol. The molecule has 46 valence electrons. The fourth-order valence-electron chi connectivity index (χ4n) is 0.120. The zero-order valence-electron chi connectivity index (χ0n) is 3.86. The minimum atomic E-state index is -1.20. The van der Waals surface area contributed by atoms with Gasteiger partial charge in [0.1, 0.15) is 0 Å². The van der Waals surface area contributed by atoms with Crippen molar-refractivity contribution in [2.75, 3.05) is 6.54 Å². The van der Waals surface area contributed by atoms with Crippen molar-refractivity contribution in [1.82, 2.24) is 0 Å². The SMILES string of the molecule is NCC(=O)O[N+](=O)[O-]. The lowest BCUT2D eigenvalue weighted by molar-refractivity contribution is -0.729. The van der Waals surface area contributed by atoms with Gasteiger partial charge in [0, 0.05) is 0 Å². The monoisotopic (exact) mass is 120 g/mol. The van der Waals surface area contributed by atoms with Crippen molar-refractivity contribution in [1.29, 1.82) is 0 Å². The molecule has 0 spiro atoms. The fraction of sp³-hybridized carbons (Fsp3) is 0.500. The topological polar surface area (TPSA) is 95.5 Å². The molecule has 0 aliphatic rings. The highest BCUT2D eigenvalue weighted by molar-refractivity contribution is 5.70. The van der Waals surface area contributed by atoms with E-state index in [0.29, 0.717) is 0 Å². The van der Waals surface area contributed by atoms with Crippen LogP contribution in [-0.4, -0.2) is 17.6 Å². The van der Waals surface area contributed by atoms with Crippen LogP contribution in [0.15, 0.2) is 0 Å². The van der Waals surface area contributed by atoms with Gasteiger partial charge in [0.25, 0.3) is 0 Å². The molecule has 0 radical (unpaired) electrons. The molecule has 0 fully saturated rings. The Hall–Kier alpha value is -1.17. The summed E-state index contributed by atoms with van der Waals surface area (Å²) in [5.41, 5.74) is 4.64. The summed E-state index contributed by atoms with van der Waals surface area (Å²) >= 11 is 0. The van der Waals surface area contributed by atoms with Crippen LogP contribution in [0.3, 0.4) is 0 Å². The standard InChI is InChI=1S/C2H4N2O4/c3-1-2(5)8-4(6)7/h1,3H2. The number of rotatable bonds is 2. The quantitative estimate of drug-likeness (QED) is 0.360. The van der Waals surface area contributed by atoms with Crippen LogP contribution in [0, 0.1) is 10.1 Å². The Bertz CT molecular complexity index is 111. The van der Waals surface area contributed by atoms with E-state index in [0.717, 1.165) is 0 Å². The molecule has 0 heterocycles. The summed E-state index contributed by atoms with van der Waals surface area (Å²) in [6, 6.07) is 0. The molecule has 6 nitrogen and oxygen atoms in total. The molecular formula is C2H4N2O4. The fourth-order valence-corrected chi connectivity index (χ4v) is 0.120. The first-order valence-corrected chi connectivity index (χ1v) is 1.72. The van der Waals surface area contributed by atoms with Crippen LogP contribution in [0.25, 0.3) is 0 Å². The van der Waals surface area contributed by atoms with Gasteiger partial charge in [0.05, 0.1) is 6.54 Å². The van der Waals surface area contributed by atoms with Crippen LogP contribution in [-0.2, 0) is 9.63 Å². The lowest BCUT2D eigenvalue weighted by Crippen LogP contribution is -2.19. The molecule has 0 aromatic carbocycles. The molecule has 0 saturated carbocycles. The molecule has 8 heavy (non-hydrogen) atoms. The number of nitrogens with two attached hydrogens (primary N) is 1. The van der Waals surface area contributed by atoms with Crippen LogP contribution in [0.1, 0.15) is 0 Å². The molecule has 0 bridgehead atoms. The van der Waals surface area contributed by atoms with Gasteiger partial charge in [-0.2, -0.15) is 0 Å². The second-order valence-corrected chi connectivity index (χ2v) is 0.891. The van der Waals surface area contributed by atoms with E-state index in [1.54, 1.807) is 0 Å². The third-order valence-electron chi connectivity index (χ3n) is 0.343. The molecule has 0 amide bonds. The Morgan fingerprint density at radius 2 is 2.38 bits per heavy atom. The van der Waals surface area contributed by atoms with Crippen LogP contribution < -0.4 is 5.73 Å².